The first kappa shape index (κ1) is 10.5. The Morgan fingerprint density at radius 1 is 1.27 bits per heavy atom. The number of nitrogens with zero attached hydrogens (tertiary/aromatic N) is 1. The molecule has 0 amide bonds. The van der Waals surface area contributed by atoms with Crippen LogP contribution >= 0.6 is 0 Å². The van der Waals surface area contributed by atoms with E-state index >= 15 is 0 Å². The Morgan fingerprint density at radius 2 is 1.73 bits per heavy atom. The summed E-state index contributed by atoms with van der Waals surface area (Å²) in [5.74, 6) is 1.57. The lowest BCUT2D eigenvalue weighted by atomic mass is 10.1. The summed E-state index contributed by atoms with van der Waals surface area (Å²) in [6, 6.07) is 0. The maximum atomic E-state index is 4.53. The van der Waals surface area contributed by atoms with Crippen molar-refractivity contribution in [3.8, 4) is 0 Å². The van der Waals surface area contributed by atoms with Gasteiger partial charge in [0.05, 0.1) is 11.4 Å². The second kappa shape index (κ2) is 3.74. The number of hydrogen-bond donors (Lipinski definition) is 1. The minimum absolute atomic E-state index is 0.0304. The molecule has 0 aliphatic rings. The molecule has 0 bridgehead atoms. The molecule has 0 heterocycles. The fourth-order valence-electron chi connectivity index (χ4n) is 0.835. The Labute approximate surface area is 70.1 Å². The number of amidine groups is 1. The molecule has 11 heavy (non-hydrogen) atoms. The van der Waals surface area contributed by atoms with Gasteiger partial charge in [-0.1, -0.05) is 13.8 Å². The monoisotopic (exact) mass is 156 g/mol. The van der Waals surface area contributed by atoms with Crippen LogP contribution < -0.4 is 5.32 Å². The van der Waals surface area contributed by atoms with Crippen LogP contribution in [0.15, 0.2) is 4.99 Å². The highest BCUT2D eigenvalue weighted by Gasteiger charge is 2.10. The number of nitrogens with one attached hydrogen (secondary N) is 1. The van der Waals surface area contributed by atoms with Gasteiger partial charge in [0, 0.05) is 13.0 Å². The molecule has 0 aliphatic heterocycles. The van der Waals surface area contributed by atoms with Crippen LogP contribution in [0.5, 0.6) is 0 Å². The second-order valence-corrected chi connectivity index (χ2v) is 4.07. The Bertz CT molecular complexity index is 140. The van der Waals surface area contributed by atoms with Gasteiger partial charge in [-0.3, -0.25) is 4.99 Å². The number of hydrogen-bond acceptors (Lipinski definition) is 1. The third-order valence-corrected chi connectivity index (χ3v) is 1.26. The molecule has 0 aliphatic carbocycles. The largest absolute Gasteiger partial charge is 0.377 e. The third-order valence-electron chi connectivity index (χ3n) is 1.26. The smallest absolute Gasteiger partial charge is 0.0992 e. The molecule has 0 aromatic carbocycles. The average Bonchev–Trinajstić information content (AvgIpc) is 1.80. The fraction of sp³-hybridized carbons (Fsp3) is 0.889. The van der Waals surface area contributed by atoms with Crippen LogP contribution in [-0.4, -0.2) is 18.4 Å². The van der Waals surface area contributed by atoms with E-state index in [0.29, 0.717) is 5.92 Å². The molecule has 0 atom stereocenters. The molecule has 0 rings (SSSR count). The Balaban J connectivity index is 4.36. The van der Waals surface area contributed by atoms with Gasteiger partial charge in [-0.15, -0.1) is 0 Å². The summed E-state index contributed by atoms with van der Waals surface area (Å²) in [6.45, 7) is 10.6. The van der Waals surface area contributed by atoms with Crippen LogP contribution in [0.3, 0.4) is 0 Å². The maximum Gasteiger partial charge on any atom is 0.0992 e. The van der Waals surface area contributed by atoms with Crippen molar-refractivity contribution in [1.82, 2.24) is 5.32 Å². The minimum atomic E-state index is 0.0304. The highest BCUT2D eigenvalue weighted by molar-refractivity contribution is 5.84. The standard InChI is InChI=1S/C9H20N2/c1-7(2)8(10-6)11-9(3,4)5/h7H,1-6H3,(H,10,11). The van der Waals surface area contributed by atoms with E-state index in [9.17, 15) is 0 Å². The minimum Gasteiger partial charge on any atom is -0.377 e. The van der Waals surface area contributed by atoms with Gasteiger partial charge in [-0.05, 0) is 20.8 Å². The van der Waals surface area contributed by atoms with E-state index in [1.165, 1.54) is 0 Å². The number of aliphatic imine (C=N–C) groups is 1. The van der Waals surface area contributed by atoms with Gasteiger partial charge >= 0.3 is 0 Å². The van der Waals surface area contributed by atoms with Crippen molar-refractivity contribution in [2.45, 2.75) is 40.2 Å². The SMILES string of the molecule is CN/C(=N/C(C)(C)C)C(C)C. The summed E-state index contributed by atoms with van der Waals surface area (Å²) < 4.78 is 0. The molecule has 0 radical (unpaired) electrons. The normalized spacial score (nSPS) is 13.9. The molecule has 0 saturated carbocycles. The summed E-state index contributed by atoms with van der Waals surface area (Å²) in [7, 11) is 1.92. The van der Waals surface area contributed by atoms with Gasteiger partial charge in [0.25, 0.3) is 0 Å². The average molecular weight is 156 g/mol. The first-order valence-electron chi connectivity index (χ1n) is 4.14. The molecule has 0 saturated heterocycles. The molecule has 0 unspecified atom stereocenters. The van der Waals surface area contributed by atoms with Gasteiger partial charge in [-0.2, -0.15) is 0 Å². The Hall–Kier alpha value is -0.530. The molecule has 0 aromatic rings. The molecule has 2 heteroatoms. The lowest BCUT2D eigenvalue weighted by Crippen LogP contribution is -2.28. The first-order chi connectivity index (χ1) is 4.87. The van der Waals surface area contributed by atoms with Crippen LogP contribution in [-0.2, 0) is 0 Å². The van der Waals surface area contributed by atoms with Crippen molar-refractivity contribution in [2.75, 3.05) is 7.05 Å². The van der Waals surface area contributed by atoms with Crippen molar-refractivity contribution < 1.29 is 0 Å². The van der Waals surface area contributed by atoms with Crippen molar-refractivity contribution in [2.24, 2.45) is 10.9 Å². The van der Waals surface area contributed by atoms with Crippen LogP contribution in [0.1, 0.15) is 34.6 Å². The zero-order valence-electron chi connectivity index (χ0n) is 8.52. The highest BCUT2D eigenvalue weighted by atomic mass is 15.0. The molecular weight excluding hydrogens is 136 g/mol. The van der Waals surface area contributed by atoms with Crippen LogP contribution in [0.25, 0.3) is 0 Å². The quantitative estimate of drug-likeness (QED) is 0.456. The molecule has 1 N–H and O–H groups in total. The van der Waals surface area contributed by atoms with Crippen LogP contribution in [0, 0.1) is 5.92 Å². The van der Waals surface area contributed by atoms with E-state index in [2.05, 4.69) is 44.9 Å². The summed E-state index contributed by atoms with van der Waals surface area (Å²) in [5.41, 5.74) is 0.0304. The Morgan fingerprint density at radius 3 is 1.82 bits per heavy atom. The number of rotatable bonds is 1. The molecule has 0 aromatic heterocycles. The molecule has 0 fully saturated rings. The van der Waals surface area contributed by atoms with Crippen molar-refractivity contribution >= 4 is 5.84 Å². The zero-order valence-corrected chi connectivity index (χ0v) is 8.52. The predicted molar refractivity (Wildman–Crippen MR) is 51.1 cm³/mol. The van der Waals surface area contributed by atoms with Gasteiger partial charge in [0.2, 0.25) is 0 Å². The van der Waals surface area contributed by atoms with E-state index in [1.54, 1.807) is 0 Å². The van der Waals surface area contributed by atoms with Crippen molar-refractivity contribution in [1.29, 1.82) is 0 Å². The van der Waals surface area contributed by atoms with Gasteiger partial charge in [0.1, 0.15) is 0 Å². The lowest BCUT2D eigenvalue weighted by Gasteiger charge is -2.17. The highest BCUT2D eigenvalue weighted by Crippen LogP contribution is 2.08. The van der Waals surface area contributed by atoms with Crippen LogP contribution in [0.2, 0.25) is 0 Å². The zero-order chi connectivity index (χ0) is 9.07. The van der Waals surface area contributed by atoms with Gasteiger partial charge < -0.3 is 5.32 Å². The van der Waals surface area contributed by atoms with Gasteiger partial charge in [-0.25, -0.2) is 0 Å². The molecule has 2 nitrogen and oxygen atoms in total. The summed E-state index contributed by atoms with van der Waals surface area (Å²) in [4.78, 5) is 4.53. The topological polar surface area (TPSA) is 24.4 Å². The van der Waals surface area contributed by atoms with E-state index in [0.717, 1.165) is 5.84 Å². The molecule has 66 valence electrons. The van der Waals surface area contributed by atoms with E-state index in [-0.39, 0.29) is 5.54 Å². The van der Waals surface area contributed by atoms with Crippen molar-refractivity contribution in [3.63, 3.8) is 0 Å². The van der Waals surface area contributed by atoms with E-state index in [4.69, 9.17) is 0 Å². The molecular formula is C9H20N2. The van der Waals surface area contributed by atoms with Crippen LogP contribution in [0.4, 0.5) is 0 Å². The first-order valence-corrected chi connectivity index (χ1v) is 4.14. The van der Waals surface area contributed by atoms with Crippen molar-refractivity contribution in [3.05, 3.63) is 0 Å². The second-order valence-electron chi connectivity index (χ2n) is 4.07. The van der Waals surface area contributed by atoms with Gasteiger partial charge in [0.15, 0.2) is 0 Å². The van der Waals surface area contributed by atoms with E-state index in [1.807, 2.05) is 7.05 Å². The summed E-state index contributed by atoms with van der Waals surface area (Å²) in [5, 5.41) is 3.11. The maximum absolute atomic E-state index is 4.53. The predicted octanol–water partition coefficient (Wildman–Crippen LogP) is 2.06. The lowest BCUT2D eigenvalue weighted by molar-refractivity contribution is 0.572. The fourth-order valence-corrected chi connectivity index (χ4v) is 0.835. The summed E-state index contributed by atoms with van der Waals surface area (Å²) in [6.07, 6.45) is 0. The third kappa shape index (κ3) is 4.82. The Kier molecular flexibility index (Phi) is 3.56. The van der Waals surface area contributed by atoms with E-state index < -0.39 is 0 Å². The summed E-state index contributed by atoms with van der Waals surface area (Å²) >= 11 is 0. The molecule has 0 spiro atoms.